The molecule has 5 nitrogen and oxygen atoms in total. The highest BCUT2D eigenvalue weighted by molar-refractivity contribution is 5.94. The lowest BCUT2D eigenvalue weighted by Crippen LogP contribution is -2.37. The Morgan fingerprint density at radius 2 is 1.71 bits per heavy atom. The number of hydrogen-bond donors (Lipinski definition) is 1. The highest BCUT2D eigenvalue weighted by Gasteiger charge is 2.13. The van der Waals surface area contributed by atoms with Gasteiger partial charge in [0.05, 0.1) is 7.11 Å². The number of ether oxygens (including phenoxy) is 1. The first-order valence-electron chi connectivity index (χ1n) is 7.82. The fraction of sp³-hybridized carbons (Fsp3) is 0.263. The van der Waals surface area contributed by atoms with Gasteiger partial charge in [-0.3, -0.25) is 9.59 Å². The van der Waals surface area contributed by atoms with Crippen LogP contribution in [0.5, 0.6) is 5.75 Å². The Kier molecular flexibility index (Phi) is 6.37. The van der Waals surface area contributed by atoms with Crippen LogP contribution in [0, 0.1) is 0 Å². The van der Waals surface area contributed by atoms with Crippen LogP contribution in [0.2, 0.25) is 0 Å². The third-order valence-corrected chi connectivity index (χ3v) is 3.70. The number of methoxy groups -OCH3 is 1. The lowest BCUT2D eigenvalue weighted by Gasteiger charge is -2.22. The van der Waals surface area contributed by atoms with Gasteiger partial charge in [0.25, 0.3) is 5.91 Å². The molecule has 0 aliphatic rings. The average molecular weight is 326 g/mol. The summed E-state index contributed by atoms with van der Waals surface area (Å²) in [5.41, 5.74) is 1.54. The molecule has 1 N–H and O–H groups in total. The van der Waals surface area contributed by atoms with Crippen molar-refractivity contribution in [2.45, 2.75) is 13.5 Å². The average Bonchev–Trinajstić information content (AvgIpc) is 2.61. The lowest BCUT2D eigenvalue weighted by atomic mass is 10.2. The number of carbonyl (C=O) groups excluding carboxylic acids is 2. The first kappa shape index (κ1) is 17.5. The summed E-state index contributed by atoms with van der Waals surface area (Å²) in [6.07, 6.45) is 0. The molecule has 0 bridgehead atoms. The summed E-state index contributed by atoms with van der Waals surface area (Å²) in [5.74, 6) is 0.559. The number of carbonyl (C=O) groups is 2. The van der Waals surface area contributed by atoms with Gasteiger partial charge < -0.3 is 15.0 Å². The maximum Gasteiger partial charge on any atom is 0.251 e. The van der Waals surface area contributed by atoms with Crippen molar-refractivity contribution < 1.29 is 14.3 Å². The summed E-state index contributed by atoms with van der Waals surface area (Å²) in [6, 6.07) is 16.6. The second kappa shape index (κ2) is 8.72. The molecule has 0 heterocycles. The summed E-state index contributed by atoms with van der Waals surface area (Å²) >= 11 is 0. The van der Waals surface area contributed by atoms with Crippen molar-refractivity contribution in [2.24, 2.45) is 0 Å². The van der Waals surface area contributed by atoms with Crippen LogP contribution in [0.4, 0.5) is 0 Å². The summed E-state index contributed by atoms with van der Waals surface area (Å²) in [6.45, 7) is 2.80. The minimum absolute atomic E-state index is 0.0464. The van der Waals surface area contributed by atoms with E-state index in [1.807, 2.05) is 42.5 Å². The molecule has 0 saturated carbocycles. The highest BCUT2D eigenvalue weighted by atomic mass is 16.5. The molecule has 0 spiro atoms. The predicted molar refractivity (Wildman–Crippen MR) is 92.9 cm³/mol. The van der Waals surface area contributed by atoms with Crippen LogP contribution in [0.3, 0.4) is 0 Å². The van der Waals surface area contributed by atoms with Crippen molar-refractivity contribution in [1.29, 1.82) is 0 Å². The van der Waals surface area contributed by atoms with Crippen molar-refractivity contribution in [3.8, 4) is 5.75 Å². The molecule has 2 amide bonds. The number of nitrogens with zero attached hydrogens (tertiary/aromatic N) is 1. The van der Waals surface area contributed by atoms with E-state index in [-0.39, 0.29) is 11.8 Å². The van der Waals surface area contributed by atoms with Crippen molar-refractivity contribution in [2.75, 3.05) is 20.2 Å². The molecule has 126 valence electrons. The normalized spacial score (nSPS) is 10.1. The molecule has 0 unspecified atom stereocenters. The number of amides is 2. The molecule has 0 radical (unpaired) electrons. The minimum atomic E-state index is -0.142. The maximum absolute atomic E-state index is 12.0. The zero-order valence-electron chi connectivity index (χ0n) is 14.0. The van der Waals surface area contributed by atoms with Crippen LogP contribution in [-0.2, 0) is 11.3 Å². The van der Waals surface area contributed by atoms with Gasteiger partial charge >= 0.3 is 0 Å². The topological polar surface area (TPSA) is 58.6 Å². The van der Waals surface area contributed by atoms with E-state index in [4.69, 9.17) is 4.74 Å². The Labute approximate surface area is 142 Å². The number of para-hydroxylation sites is 1. The van der Waals surface area contributed by atoms with E-state index >= 15 is 0 Å². The number of nitrogens with one attached hydrogen (secondary N) is 1. The molecular formula is C19H22N2O3. The third kappa shape index (κ3) is 4.84. The third-order valence-electron chi connectivity index (χ3n) is 3.70. The van der Waals surface area contributed by atoms with E-state index in [1.54, 1.807) is 24.1 Å². The van der Waals surface area contributed by atoms with Gasteiger partial charge in [0.15, 0.2) is 0 Å². The van der Waals surface area contributed by atoms with Gasteiger partial charge in [0.2, 0.25) is 5.91 Å². The van der Waals surface area contributed by atoms with Crippen LogP contribution >= 0.6 is 0 Å². The van der Waals surface area contributed by atoms with Crippen LogP contribution in [-0.4, -0.2) is 36.9 Å². The molecule has 0 aromatic heterocycles. The van der Waals surface area contributed by atoms with Gasteiger partial charge in [-0.25, -0.2) is 0 Å². The Bertz CT molecular complexity index is 686. The van der Waals surface area contributed by atoms with Crippen molar-refractivity contribution >= 4 is 11.8 Å². The molecule has 24 heavy (non-hydrogen) atoms. The van der Waals surface area contributed by atoms with E-state index in [0.717, 1.165) is 11.3 Å². The van der Waals surface area contributed by atoms with E-state index < -0.39 is 0 Å². The SMILES string of the molecule is COc1ccccc1CN(CCNC(=O)c1ccccc1)C(C)=O. The number of benzene rings is 2. The molecule has 0 saturated heterocycles. The minimum Gasteiger partial charge on any atom is -0.496 e. The molecule has 2 aromatic carbocycles. The van der Waals surface area contributed by atoms with E-state index in [0.29, 0.717) is 25.2 Å². The van der Waals surface area contributed by atoms with Crippen LogP contribution in [0.15, 0.2) is 54.6 Å². The van der Waals surface area contributed by atoms with Crippen LogP contribution in [0.1, 0.15) is 22.8 Å². The Hall–Kier alpha value is -2.82. The highest BCUT2D eigenvalue weighted by Crippen LogP contribution is 2.19. The van der Waals surface area contributed by atoms with E-state index in [2.05, 4.69) is 5.32 Å². The molecule has 5 heteroatoms. The van der Waals surface area contributed by atoms with Gasteiger partial charge in [-0.1, -0.05) is 36.4 Å². The summed E-state index contributed by atoms with van der Waals surface area (Å²) < 4.78 is 5.32. The molecule has 2 rings (SSSR count). The second-order valence-electron chi connectivity index (χ2n) is 5.37. The first-order valence-corrected chi connectivity index (χ1v) is 7.82. The molecule has 0 aliphatic carbocycles. The lowest BCUT2D eigenvalue weighted by molar-refractivity contribution is -0.129. The summed E-state index contributed by atoms with van der Waals surface area (Å²) in [4.78, 5) is 25.6. The molecule has 0 atom stereocenters. The molecular weight excluding hydrogens is 304 g/mol. The predicted octanol–water partition coefficient (Wildman–Crippen LogP) is 2.47. The van der Waals surface area contributed by atoms with Crippen LogP contribution < -0.4 is 10.1 Å². The van der Waals surface area contributed by atoms with Gasteiger partial charge in [-0.05, 0) is 18.2 Å². The number of rotatable bonds is 7. The Morgan fingerprint density at radius 3 is 2.38 bits per heavy atom. The largest absolute Gasteiger partial charge is 0.496 e. The van der Waals surface area contributed by atoms with Gasteiger partial charge in [-0.2, -0.15) is 0 Å². The maximum atomic E-state index is 12.0. The first-order chi connectivity index (χ1) is 11.6. The van der Waals surface area contributed by atoms with Gasteiger partial charge in [-0.15, -0.1) is 0 Å². The number of hydrogen-bond acceptors (Lipinski definition) is 3. The smallest absolute Gasteiger partial charge is 0.251 e. The zero-order chi connectivity index (χ0) is 17.4. The van der Waals surface area contributed by atoms with Crippen molar-refractivity contribution in [3.05, 3.63) is 65.7 Å². The van der Waals surface area contributed by atoms with E-state index in [1.165, 1.54) is 6.92 Å². The zero-order valence-corrected chi connectivity index (χ0v) is 14.0. The van der Waals surface area contributed by atoms with Gasteiger partial charge in [0, 0.05) is 37.7 Å². The fourth-order valence-electron chi connectivity index (χ4n) is 2.38. The Morgan fingerprint density at radius 1 is 1.04 bits per heavy atom. The van der Waals surface area contributed by atoms with Gasteiger partial charge in [0.1, 0.15) is 5.75 Å². The molecule has 0 fully saturated rings. The van der Waals surface area contributed by atoms with Crippen molar-refractivity contribution in [1.82, 2.24) is 10.2 Å². The van der Waals surface area contributed by atoms with Crippen LogP contribution in [0.25, 0.3) is 0 Å². The molecule has 0 aliphatic heterocycles. The quantitative estimate of drug-likeness (QED) is 0.850. The Balaban J connectivity index is 1.92. The monoisotopic (exact) mass is 326 g/mol. The molecule has 2 aromatic rings. The summed E-state index contributed by atoms with van der Waals surface area (Å²) in [5, 5.41) is 2.83. The fourth-order valence-corrected chi connectivity index (χ4v) is 2.38. The summed E-state index contributed by atoms with van der Waals surface area (Å²) in [7, 11) is 1.61. The standard InChI is InChI=1S/C19H22N2O3/c1-15(22)21(14-17-10-6-7-11-18(17)24-2)13-12-20-19(23)16-8-4-3-5-9-16/h3-11H,12-14H2,1-2H3,(H,20,23). The van der Waals surface area contributed by atoms with E-state index in [9.17, 15) is 9.59 Å². The van der Waals surface area contributed by atoms with Crippen molar-refractivity contribution in [3.63, 3.8) is 0 Å². The second-order valence-corrected chi connectivity index (χ2v) is 5.37.